The van der Waals surface area contributed by atoms with Gasteiger partial charge in [-0.1, -0.05) is 53.8 Å². The van der Waals surface area contributed by atoms with Gasteiger partial charge in [-0.25, -0.2) is 9.37 Å². The van der Waals surface area contributed by atoms with E-state index in [-0.39, 0.29) is 11.7 Å². The van der Waals surface area contributed by atoms with E-state index in [2.05, 4.69) is 4.98 Å². The Kier molecular flexibility index (Phi) is 4.67. The van der Waals surface area contributed by atoms with Crippen LogP contribution in [0, 0.1) is 5.82 Å². The second kappa shape index (κ2) is 7.25. The summed E-state index contributed by atoms with van der Waals surface area (Å²) in [6, 6.07) is 16.1. The van der Waals surface area contributed by atoms with Crippen molar-refractivity contribution in [3.8, 4) is 5.19 Å². The molecule has 0 spiro atoms. The topological polar surface area (TPSA) is 42.4 Å². The lowest BCUT2D eigenvalue weighted by molar-refractivity contribution is 0.0731. The van der Waals surface area contributed by atoms with Crippen LogP contribution in [0.15, 0.2) is 54.6 Å². The summed E-state index contributed by atoms with van der Waals surface area (Å²) in [6.07, 6.45) is 0.702. The molecule has 0 radical (unpaired) electrons. The van der Waals surface area contributed by atoms with Crippen molar-refractivity contribution < 1.29 is 13.9 Å². The minimum Gasteiger partial charge on any atom is -0.465 e. The third-order valence-corrected chi connectivity index (χ3v) is 5.27. The van der Waals surface area contributed by atoms with Crippen LogP contribution in [-0.4, -0.2) is 22.3 Å². The molecule has 1 aliphatic rings. The van der Waals surface area contributed by atoms with Crippen LogP contribution >= 0.6 is 11.3 Å². The summed E-state index contributed by atoms with van der Waals surface area (Å²) in [6.45, 7) is 1.50. The fourth-order valence-corrected chi connectivity index (χ4v) is 3.82. The van der Waals surface area contributed by atoms with E-state index in [0.29, 0.717) is 36.2 Å². The lowest BCUT2D eigenvalue weighted by atomic mass is 10.1. The van der Waals surface area contributed by atoms with Gasteiger partial charge in [0.15, 0.2) is 0 Å². The first-order chi connectivity index (χ1) is 12.7. The molecule has 2 heterocycles. The predicted octanol–water partition coefficient (Wildman–Crippen LogP) is 4.06. The van der Waals surface area contributed by atoms with E-state index in [1.165, 1.54) is 23.5 Å². The lowest BCUT2D eigenvalue weighted by Crippen LogP contribution is -2.36. The maximum Gasteiger partial charge on any atom is 0.274 e. The zero-order valence-corrected chi connectivity index (χ0v) is 14.8. The molecular formula is C20H17FN2O2S. The number of fused-ring (bicyclic) bond motifs is 1. The van der Waals surface area contributed by atoms with Crippen molar-refractivity contribution in [1.29, 1.82) is 0 Å². The molecule has 0 bridgehead atoms. The monoisotopic (exact) mass is 368 g/mol. The fraction of sp³-hybridized carbons (Fsp3) is 0.200. The summed E-state index contributed by atoms with van der Waals surface area (Å²) in [7, 11) is 0. The first-order valence-electron chi connectivity index (χ1n) is 8.39. The molecule has 4 rings (SSSR count). The molecule has 132 valence electrons. The Bertz CT molecular complexity index is 909. The molecule has 0 unspecified atom stereocenters. The van der Waals surface area contributed by atoms with Crippen molar-refractivity contribution in [2.75, 3.05) is 6.54 Å². The number of thiazole rings is 1. The van der Waals surface area contributed by atoms with Crippen LogP contribution in [0.2, 0.25) is 0 Å². The third-order valence-electron chi connectivity index (χ3n) is 4.27. The van der Waals surface area contributed by atoms with Crippen molar-refractivity contribution in [2.45, 2.75) is 19.6 Å². The average molecular weight is 368 g/mol. The Morgan fingerprint density at radius 2 is 1.85 bits per heavy atom. The minimum absolute atomic E-state index is 0.0392. The van der Waals surface area contributed by atoms with Gasteiger partial charge in [-0.05, 0) is 23.3 Å². The molecule has 6 heteroatoms. The summed E-state index contributed by atoms with van der Waals surface area (Å²) in [4.78, 5) is 19.6. The van der Waals surface area contributed by atoms with Gasteiger partial charge in [-0.2, -0.15) is 0 Å². The number of aromatic nitrogens is 1. The first-order valence-corrected chi connectivity index (χ1v) is 9.21. The zero-order valence-electron chi connectivity index (χ0n) is 14.0. The van der Waals surface area contributed by atoms with Gasteiger partial charge in [0.2, 0.25) is 0 Å². The van der Waals surface area contributed by atoms with Crippen LogP contribution in [0.5, 0.6) is 5.19 Å². The molecule has 2 aromatic carbocycles. The van der Waals surface area contributed by atoms with Gasteiger partial charge in [-0.3, -0.25) is 4.79 Å². The number of rotatable bonds is 5. The molecule has 0 aliphatic carbocycles. The number of ether oxygens (including phenoxy) is 1. The average Bonchev–Trinajstić information content (AvgIpc) is 3.09. The molecule has 1 aromatic heterocycles. The summed E-state index contributed by atoms with van der Waals surface area (Å²) in [5.74, 6) is -0.314. The van der Waals surface area contributed by atoms with Crippen molar-refractivity contribution in [3.63, 3.8) is 0 Å². The van der Waals surface area contributed by atoms with Crippen LogP contribution in [0.1, 0.15) is 26.5 Å². The number of amides is 1. The van der Waals surface area contributed by atoms with E-state index in [1.807, 2.05) is 30.3 Å². The standard InChI is InChI=1S/C20H17FN2O2S/c21-16-8-6-14(7-9-16)12-23-11-10-17-18(19(23)24)26-20(22-17)25-13-15-4-2-1-3-5-15/h1-9H,10-13H2. The predicted molar refractivity (Wildman–Crippen MR) is 97.7 cm³/mol. The molecule has 0 atom stereocenters. The van der Waals surface area contributed by atoms with Gasteiger partial charge in [-0.15, -0.1) is 0 Å². The number of carbonyl (C=O) groups excluding carboxylic acids is 1. The number of benzene rings is 2. The van der Waals surface area contributed by atoms with Crippen LogP contribution in [-0.2, 0) is 19.6 Å². The number of halogens is 1. The Balaban J connectivity index is 1.44. The van der Waals surface area contributed by atoms with Crippen molar-refractivity contribution in [3.05, 3.63) is 82.1 Å². The number of hydrogen-bond donors (Lipinski definition) is 0. The molecule has 26 heavy (non-hydrogen) atoms. The quantitative estimate of drug-likeness (QED) is 0.682. The van der Waals surface area contributed by atoms with Gasteiger partial charge < -0.3 is 9.64 Å². The van der Waals surface area contributed by atoms with Gasteiger partial charge in [0.25, 0.3) is 11.1 Å². The minimum atomic E-state index is -0.274. The molecule has 3 aromatic rings. The number of carbonyl (C=O) groups is 1. The van der Waals surface area contributed by atoms with E-state index in [1.54, 1.807) is 17.0 Å². The molecule has 1 amide bonds. The lowest BCUT2D eigenvalue weighted by Gasteiger charge is -2.25. The summed E-state index contributed by atoms with van der Waals surface area (Å²) < 4.78 is 18.8. The zero-order chi connectivity index (χ0) is 17.9. The molecule has 0 saturated carbocycles. The first kappa shape index (κ1) is 16.7. The second-order valence-corrected chi connectivity index (χ2v) is 7.09. The molecular weight excluding hydrogens is 351 g/mol. The Morgan fingerprint density at radius 1 is 1.08 bits per heavy atom. The Hall–Kier alpha value is -2.73. The maximum atomic E-state index is 13.0. The van der Waals surface area contributed by atoms with E-state index >= 15 is 0 Å². The highest BCUT2D eigenvalue weighted by atomic mass is 32.1. The largest absolute Gasteiger partial charge is 0.465 e. The highest BCUT2D eigenvalue weighted by molar-refractivity contribution is 7.15. The van der Waals surface area contributed by atoms with Gasteiger partial charge >= 0.3 is 0 Å². The summed E-state index contributed by atoms with van der Waals surface area (Å²) in [5, 5.41) is 0.524. The highest BCUT2D eigenvalue weighted by Crippen LogP contribution is 2.31. The normalized spacial score (nSPS) is 13.6. The van der Waals surface area contributed by atoms with E-state index in [4.69, 9.17) is 4.74 Å². The third kappa shape index (κ3) is 3.60. The summed E-state index contributed by atoms with van der Waals surface area (Å²) >= 11 is 1.29. The number of nitrogens with zero attached hydrogens (tertiary/aromatic N) is 2. The van der Waals surface area contributed by atoms with Crippen LogP contribution in [0.25, 0.3) is 0 Å². The SMILES string of the molecule is O=C1c2sc(OCc3ccccc3)nc2CCN1Cc1ccc(F)cc1. The number of hydrogen-bond acceptors (Lipinski definition) is 4. The molecule has 0 saturated heterocycles. The van der Waals surface area contributed by atoms with Gasteiger partial charge in [0.05, 0.1) is 5.69 Å². The maximum absolute atomic E-state index is 13.0. The van der Waals surface area contributed by atoms with Crippen molar-refractivity contribution in [2.24, 2.45) is 0 Å². The summed E-state index contributed by atoms with van der Waals surface area (Å²) in [5.41, 5.74) is 2.77. The van der Waals surface area contributed by atoms with Crippen LogP contribution in [0.3, 0.4) is 0 Å². The molecule has 1 aliphatic heterocycles. The second-order valence-electron chi connectivity index (χ2n) is 6.13. The van der Waals surface area contributed by atoms with Gasteiger partial charge in [0.1, 0.15) is 17.3 Å². The van der Waals surface area contributed by atoms with Crippen molar-refractivity contribution in [1.82, 2.24) is 9.88 Å². The Morgan fingerprint density at radius 3 is 2.62 bits per heavy atom. The smallest absolute Gasteiger partial charge is 0.274 e. The van der Waals surface area contributed by atoms with Crippen LogP contribution in [0.4, 0.5) is 4.39 Å². The molecule has 0 fully saturated rings. The van der Waals surface area contributed by atoms with E-state index in [9.17, 15) is 9.18 Å². The van der Waals surface area contributed by atoms with E-state index in [0.717, 1.165) is 16.8 Å². The van der Waals surface area contributed by atoms with Gasteiger partial charge in [0, 0.05) is 19.5 Å². The molecule has 4 nitrogen and oxygen atoms in total. The van der Waals surface area contributed by atoms with Crippen molar-refractivity contribution >= 4 is 17.2 Å². The molecule has 0 N–H and O–H groups in total. The van der Waals surface area contributed by atoms with E-state index < -0.39 is 0 Å². The Labute approximate surface area is 154 Å². The fourth-order valence-electron chi connectivity index (χ4n) is 2.89. The van der Waals surface area contributed by atoms with Crippen LogP contribution < -0.4 is 4.74 Å². The highest BCUT2D eigenvalue weighted by Gasteiger charge is 2.28.